The van der Waals surface area contributed by atoms with E-state index >= 15 is 0 Å². The number of nitrogens with two attached hydrogens (primary N) is 1. The second kappa shape index (κ2) is 4.97. The Morgan fingerprint density at radius 2 is 1.73 bits per heavy atom. The van der Waals surface area contributed by atoms with Gasteiger partial charge in [-0.15, -0.1) is 0 Å². The maximum Gasteiger partial charge on any atom is 0.240 e. The molecule has 0 bridgehead atoms. The van der Waals surface area contributed by atoms with Crippen LogP contribution in [0, 0.1) is 5.92 Å². The van der Waals surface area contributed by atoms with Gasteiger partial charge in [0.25, 0.3) is 0 Å². The first-order valence-electron chi connectivity index (χ1n) is 6.03. The molecule has 0 aromatic carbocycles. The van der Waals surface area contributed by atoms with Gasteiger partial charge in [0, 0.05) is 12.1 Å². The molecule has 0 aliphatic carbocycles. The zero-order valence-corrected chi connectivity index (χ0v) is 10.4. The average Bonchev–Trinajstić information content (AvgIpc) is 2.15. The molecule has 15 heavy (non-hydrogen) atoms. The third kappa shape index (κ3) is 2.71. The molecule has 1 fully saturated rings. The maximum atomic E-state index is 12.2. The zero-order valence-electron chi connectivity index (χ0n) is 10.4. The van der Waals surface area contributed by atoms with Crippen LogP contribution in [0.15, 0.2) is 0 Å². The van der Waals surface area contributed by atoms with E-state index in [-0.39, 0.29) is 17.9 Å². The third-order valence-electron chi connectivity index (χ3n) is 3.45. The number of likely N-dealkylation sites (tertiary alicyclic amines) is 1. The predicted octanol–water partition coefficient (Wildman–Crippen LogP) is 1.76. The van der Waals surface area contributed by atoms with Gasteiger partial charge in [-0.1, -0.05) is 13.8 Å². The first-order chi connectivity index (χ1) is 6.95. The topological polar surface area (TPSA) is 46.3 Å². The first kappa shape index (κ1) is 12.5. The molecule has 1 saturated heterocycles. The van der Waals surface area contributed by atoms with Gasteiger partial charge in [0.1, 0.15) is 0 Å². The van der Waals surface area contributed by atoms with Crippen molar-refractivity contribution in [3.8, 4) is 0 Å². The van der Waals surface area contributed by atoms with Crippen molar-refractivity contribution in [2.45, 2.75) is 65.1 Å². The van der Waals surface area contributed by atoms with Crippen molar-refractivity contribution in [2.24, 2.45) is 11.7 Å². The normalized spacial score (nSPS) is 29.3. The van der Waals surface area contributed by atoms with Crippen molar-refractivity contribution in [3.05, 3.63) is 0 Å². The van der Waals surface area contributed by atoms with Gasteiger partial charge in [-0.05, 0) is 39.0 Å². The van der Waals surface area contributed by atoms with E-state index in [0.29, 0.717) is 12.1 Å². The molecule has 2 unspecified atom stereocenters. The van der Waals surface area contributed by atoms with Crippen LogP contribution < -0.4 is 5.73 Å². The van der Waals surface area contributed by atoms with Crippen LogP contribution in [-0.4, -0.2) is 28.9 Å². The highest BCUT2D eigenvalue weighted by molar-refractivity contribution is 5.82. The number of hydrogen-bond acceptors (Lipinski definition) is 2. The fourth-order valence-corrected chi connectivity index (χ4v) is 2.31. The molecule has 1 rings (SSSR count). The van der Waals surface area contributed by atoms with Crippen LogP contribution in [0.1, 0.15) is 47.0 Å². The Kier molecular flexibility index (Phi) is 4.14. The molecule has 3 atom stereocenters. The molecule has 2 N–H and O–H groups in total. The summed E-state index contributed by atoms with van der Waals surface area (Å²) in [6.45, 7) is 8.25. The van der Waals surface area contributed by atoms with E-state index in [2.05, 4.69) is 13.8 Å². The minimum absolute atomic E-state index is 0.129. The second-order valence-electron chi connectivity index (χ2n) is 5.14. The predicted molar refractivity (Wildman–Crippen MR) is 62.4 cm³/mol. The molecular weight excluding hydrogens is 188 g/mol. The molecular formula is C12H24N2O. The van der Waals surface area contributed by atoms with Crippen LogP contribution in [0.2, 0.25) is 0 Å². The molecule has 1 amide bonds. The van der Waals surface area contributed by atoms with E-state index in [1.165, 1.54) is 6.42 Å². The summed E-state index contributed by atoms with van der Waals surface area (Å²) in [4.78, 5) is 14.2. The molecule has 0 aromatic heterocycles. The van der Waals surface area contributed by atoms with Gasteiger partial charge in [-0.2, -0.15) is 0 Å². The van der Waals surface area contributed by atoms with Gasteiger partial charge < -0.3 is 10.6 Å². The van der Waals surface area contributed by atoms with Gasteiger partial charge in [0.15, 0.2) is 0 Å². The second-order valence-corrected chi connectivity index (χ2v) is 5.14. The van der Waals surface area contributed by atoms with Gasteiger partial charge in [-0.3, -0.25) is 4.79 Å². The summed E-state index contributed by atoms with van der Waals surface area (Å²) < 4.78 is 0. The number of nitrogens with zero attached hydrogens (tertiary/aromatic N) is 1. The smallest absolute Gasteiger partial charge is 0.240 e. The summed E-state index contributed by atoms with van der Waals surface area (Å²) >= 11 is 0. The Hall–Kier alpha value is -0.570. The molecule has 3 nitrogen and oxygen atoms in total. The van der Waals surface area contributed by atoms with Crippen LogP contribution >= 0.6 is 0 Å². The highest BCUT2D eigenvalue weighted by Gasteiger charge is 2.32. The highest BCUT2D eigenvalue weighted by Crippen LogP contribution is 2.23. The Labute approximate surface area is 93.0 Å². The molecule has 88 valence electrons. The number of hydrogen-bond donors (Lipinski definition) is 1. The SMILES string of the molecule is CC(C)[C@@H](N)C(=O)N1C(C)CCCC1C. The highest BCUT2D eigenvalue weighted by atomic mass is 16.2. The van der Waals surface area contributed by atoms with Gasteiger partial charge in [0.2, 0.25) is 5.91 Å². The van der Waals surface area contributed by atoms with Crippen LogP contribution in [-0.2, 0) is 4.79 Å². The summed E-state index contributed by atoms with van der Waals surface area (Å²) in [6, 6.07) is 0.366. The summed E-state index contributed by atoms with van der Waals surface area (Å²) in [5.74, 6) is 0.350. The van der Waals surface area contributed by atoms with Crippen molar-refractivity contribution in [2.75, 3.05) is 0 Å². The van der Waals surface area contributed by atoms with E-state index in [9.17, 15) is 4.79 Å². The summed E-state index contributed by atoms with van der Waals surface area (Å²) in [6.07, 6.45) is 3.45. The Morgan fingerprint density at radius 1 is 1.27 bits per heavy atom. The van der Waals surface area contributed by atoms with Crippen molar-refractivity contribution in [3.63, 3.8) is 0 Å². The Balaban J connectivity index is 2.71. The van der Waals surface area contributed by atoms with Crippen LogP contribution in [0.4, 0.5) is 0 Å². The van der Waals surface area contributed by atoms with Crippen molar-refractivity contribution in [1.82, 2.24) is 4.90 Å². The molecule has 0 spiro atoms. The number of carbonyl (C=O) groups is 1. The molecule has 1 aliphatic rings. The standard InChI is InChI=1S/C12H24N2O/c1-8(2)11(13)12(15)14-9(3)6-5-7-10(14)4/h8-11H,5-7,13H2,1-4H3/t9?,10?,11-/m1/s1. The lowest BCUT2D eigenvalue weighted by molar-refractivity contribution is -0.139. The lowest BCUT2D eigenvalue weighted by atomic mass is 9.94. The number of carbonyl (C=O) groups excluding carboxylic acids is 1. The summed E-state index contributed by atoms with van der Waals surface area (Å²) in [5.41, 5.74) is 5.92. The monoisotopic (exact) mass is 212 g/mol. The molecule has 3 heteroatoms. The number of amides is 1. The van der Waals surface area contributed by atoms with Crippen LogP contribution in [0.25, 0.3) is 0 Å². The minimum Gasteiger partial charge on any atom is -0.336 e. The molecule has 0 saturated carbocycles. The Bertz CT molecular complexity index is 218. The fourth-order valence-electron chi connectivity index (χ4n) is 2.31. The van der Waals surface area contributed by atoms with E-state index in [0.717, 1.165) is 12.8 Å². The number of piperidine rings is 1. The zero-order chi connectivity index (χ0) is 11.6. The summed E-state index contributed by atoms with van der Waals surface area (Å²) in [7, 11) is 0. The van der Waals surface area contributed by atoms with E-state index in [4.69, 9.17) is 5.73 Å². The van der Waals surface area contributed by atoms with Gasteiger partial charge in [0.05, 0.1) is 6.04 Å². The Morgan fingerprint density at radius 3 is 2.13 bits per heavy atom. The van der Waals surface area contributed by atoms with E-state index in [1.807, 2.05) is 18.7 Å². The molecule has 0 aromatic rings. The fraction of sp³-hybridized carbons (Fsp3) is 0.917. The molecule has 1 aliphatic heterocycles. The lowest BCUT2D eigenvalue weighted by Gasteiger charge is -2.41. The first-order valence-corrected chi connectivity index (χ1v) is 6.03. The van der Waals surface area contributed by atoms with Crippen molar-refractivity contribution < 1.29 is 4.79 Å². The quantitative estimate of drug-likeness (QED) is 0.758. The molecule has 0 radical (unpaired) electrons. The number of rotatable bonds is 2. The minimum atomic E-state index is -0.340. The summed E-state index contributed by atoms with van der Waals surface area (Å²) in [5, 5.41) is 0. The largest absolute Gasteiger partial charge is 0.336 e. The van der Waals surface area contributed by atoms with E-state index < -0.39 is 0 Å². The lowest BCUT2D eigenvalue weighted by Crippen LogP contribution is -2.54. The maximum absolute atomic E-state index is 12.2. The van der Waals surface area contributed by atoms with Crippen molar-refractivity contribution >= 4 is 5.91 Å². The third-order valence-corrected chi connectivity index (χ3v) is 3.45. The van der Waals surface area contributed by atoms with Gasteiger partial charge in [-0.25, -0.2) is 0 Å². The van der Waals surface area contributed by atoms with Crippen LogP contribution in [0.3, 0.4) is 0 Å². The van der Waals surface area contributed by atoms with Gasteiger partial charge >= 0.3 is 0 Å². The molecule has 1 heterocycles. The average molecular weight is 212 g/mol. The van der Waals surface area contributed by atoms with Crippen molar-refractivity contribution in [1.29, 1.82) is 0 Å². The van der Waals surface area contributed by atoms with Crippen LogP contribution in [0.5, 0.6) is 0 Å². The van der Waals surface area contributed by atoms with E-state index in [1.54, 1.807) is 0 Å².